The summed E-state index contributed by atoms with van der Waals surface area (Å²) in [5.74, 6) is 0.518. The molecule has 2 aromatic rings. The van der Waals surface area contributed by atoms with Gasteiger partial charge in [0.1, 0.15) is 12.4 Å². The number of hydrogen-bond donors (Lipinski definition) is 1. The number of benzene rings is 2. The van der Waals surface area contributed by atoms with Gasteiger partial charge in [0.15, 0.2) is 9.84 Å². The van der Waals surface area contributed by atoms with Crippen LogP contribution in [-0.4, -0.2) is 32.0 Å². The highest BCUT2D eigenvalue weighted by Gasteiger charge is 2.29. The zero-order chi connectivity index (χ0) is 19.1. The molecule has 1 saturated heterocycles. The predicted molar refractivity (Wildman–Crippen MR) is 104 cm³/mol. The third kappa shape index (κ3) is 5.92. The maximum absolute atomic E-state index is 11.9. The Kier molecular flexibility index (Phi) is 6.24. The summed E-state index contributed by atoms with van der Waals surface area (Å²) < 4.78 is 28.7. The smallest absolute Gasteiger partial charge is 0.240 e. The summed E-state index contributed by atoms with van der Waals surface area (Å²) in [5.41, 5.74) is 4.27. The van der Waals surface area contributed by atoms with Gasteiger partial charge >= 0.3 is 0 Å². The van der Waals surface area contributed by atoms with Crippen molar-refractivity contribution in [3.63, 3.8) is 0 Å². The van der Waals surface area contributed by atoms with Gasteiger partial charge in [-0.25, -0.2) is 13.8 Å². The molecule has 7 heteroatoms. The zero-order valence-electron chi connectivity index (χ0n) is 14.9. The second-order valence-electron chi connectivity index (χ2n) is 6.58. The first-order chi connectivity index (χ1) is 13.0. The molecule has 1 atom stereocenters. The molecule has 1 amide bonds. The Labute approximate surface area is 159 Å². The molecule has 27 heavy (non-hydrogen) atoms. The van der Waals surface area contributed by atoms with E-state index in [0.717, 1.165) is 11.1 Å². The van der Waals surface area contributed by atoms with Crippen LogP contribution < -0.4 is 10.2 Å². The molecular formula is C20H22N2O4S. The molecule has 3 rings (SSSR count). The van der Waals surface area contributed by atoms with Crippen molar-refractivity contribution in [2.24, 2.45) is 11.0 Å². The van der Waals surface area contributed by atoms with Gasteiger partial charge < -0.3 is 4.74 Å². The van der Waals surface area contributed by atoms with E-state index in [2.05, 4.69) is 10.5 Å². The molecule has 1 heterocycles. The molecule has 6 nitrogen and oxygen atoms in total. The van der Waals surface area contributed by atoms with E-state index in [1.165, 1.54) is 6.21 Å². The monoisotopic (exact) mass is 386 g/mol. The van der Waals surface area contributed by atoms with Crippen LogP contribution in [0.5, 0.6) is 5.75 Å². The van der Waals surface area contributed by atoms with E-state index in [1.807, 2.05) is 54.6 Å². The average Bonchev–Trinajstić information content (AvgIpc) is 3.00. The van der Waals surface area contributed by atoms with Crippen LogP contribution in [0.2, 0.25) is 0 Å². The molecule has 1 aliphatic rings. The third-order valence-corrected chi connectivity index (χ3v) is 6.19. The summed E-state index contributed by atoms with van der Waals surface area (Å²) in [5, 5.41) is 3.98. The Morgan fingerprint density at radius 2 is 1.89 bits per heavy atom. The molecule has 1 fully saturated rings. The highest BCUT2D eigenvalue weighted by atomic mass is 32.2. The van der Waals surface area contributed by atoms with E-state index in [9.17, 15) is 13.2 Å². The highest BCUT2D eigenvalue weighted by molar-refractivity contribution is 7.91. The van der Waals surface area contributed by atoms with Crippen LogP contribution in [0.25, 0.3) is 0 Å². The number of hydrazone groups is 1. The van der Waals surface area contributed by atoms with E-state index < -0.39 is 9.84 Å². The SMILES string of the molecule is O=C(C[C@@H]1CCS(=O)(=O)C1)N/N=C\c1ccccc1OCc1ccccc1. The lowest BCUT2D eigenvalue weighted by atomic mass is 10.1. The molecule has 1 N–H and O–H groups in total. The van der Waals surface area contributed by atoms with Gasteiger partial charge in [-0.1, -0.05) is 42.5 Å². The van der Waals surface area contributed by atoms with Crippen LogP contribution in [0.4, 0.5) is 0 Å². The molecule has 0 aromatic heterocycles. The van der Waals surface area contributed by atoms with Crippen LogP contribution in [0.15, 0.2) is 59.7 Å². The number of nitrogens with one attached hydrogen (secondary N) is 1. The van der Waals surface area contributed by atoms with E-state index in [-0.39, 0.29) is 29.8 Å². The minimum atomic E-state index is -2.97. The van der Waals surface area contributed by atoms with Crippen molar-refractivity contribution >= 4 is 22.0 Å². The Morgan fingerprint density at radius 1 is 1.15 bits per heavy atom. The first-order valence-electron chi connectivity index (χ1n) is 8.80. The molecule has 2 aromatic carbocycles. The molecular weight excluding hydrogens is 364 g/mol. The fraction of sp³-hybridized carbons (Fsp3) is 0.300. The lowest BCUT2D eigenvalue weighted by Gasteiger charge is -2.09. The summed E-state index contributed by atoms with van der Waals surface area (Å²) in [6.45, 7) is 0.439. The summed E-state index contributed by atoms with van der Waals surface area (Å²) in [4.78, 5) is 11.9. The number of nitrogens with zero attached hydrogens (tertiary/aromatic N) is 1. The number of sulfone groups is 1. The number of hydrogen-bond acceptors (Lipinski definition) is 5. The van der Waals surface area contributed by atoms with E-state index in [1.54, 1.807) is 0 Å². The van der Waals surface area contributed by atoms with Gasteiger partial charge in [0.25, 0.3) is 0 Å². The van der Waals surface area contributed by atoms with Gasteiger partial charge in [-0.15, -0.1) is 0 Å². The summed E-state index contributed by atoms with van der Waals surface area (Å²) in [6, 6.07) is 17.3. The minimum Gasteiger partial charge on any atom is -0.488 e. The fourth-order valence-electron chi connectivity index (χ4n) is 2.97. The zero-order valence-corrected chi connectivity index (χ0v) is 15.7. The third-order valence-electron chi connectivity index (χ3n) is 4.35. The van der Waals surface area contributed by atoms with Crippen molar-refractivity contribution in [3.8, 4) is 5.75 Å². The second-order valence-corrected chi connectivity index (χ2v) is 8.81. The number of para-hydroxylation sites is 1. The van der Waals surface area contributed by atoms with Crippen molar-refractivity contribution in [1.29, 1.82) is 0 Å². The predicted octanol–water partition coefficient (Wildman–Crippen LogP) is 2.54. The lowest BCUT2D eigenvalue weighted by Crippen LogP contribution is -2.21. The van der Waals surface area contributed by atoms with Gasteiger partial charge in [0, 0.05) is 12.0 Å². The van der Waals surface area contributed by atoms with Crippen LogP contribution in [0.3, 0.4) is 0 Å². The van der Waals surface area contributed by atoms with Crippen LogP contribution in [-0.2, 0) is 21.2 Å². The first-order valence-corrected chi connectivity index (χ1v) is 10.6. The molecule has 0 unspecified atom stereocenters. The quantitative estimate of drug-likeness (QED) is 0.585. The van der Waals surface area contributed by atoms with Crippen molar-refractivity contribution in [2.45, 2.75) is 19.4 Å². The summed E-state index contributed by atoms with van der Waals surface area (Å²) >= 11 is 0. The molecule has 0 saturated carbocycles. The molecule has 142 valence electrons. The van der Waals surface area contributed by atoms with E-state index >= 15 is 0 Å². The summed E-state index contributed by atoms with van der Waals surface area (Å²) in [6.07, 6.45) is 2.24. The van der Waals surface area contributed by atoms with Crippen LogP contribution in [0, 0.1) is 5.92 Å². The van der Waals surface area contributed by atoms with Crippen LogP contribution in [0.1, 0.15) is 24.0 Å². The van der Waals surface area contributed by atoms with Crippen molar-refractivity contribution in [2.75, 3.05) is 11.5 Å². The standard InChI is InChI=1S/C20H22N2O4S/c23-20(12-17-10-11-27(24,25)15-17)22-21-13-18-8-4-5-9-19(18)26-14-16-6-2-1-3-7-16/h1-9,13,17H,10-12,14-15H2,(H,22,23)/b21-13-/t17-/m0/s1. The van der Waals surface area contributed by atoms with Gasteiger partial charge in [0.05, 0.1) is 17.7 Å². The minimum absolute atomic E-state index is 0.0836. The molecule has 0 spiro atoms. The molecule has 0 aliphatic carbocycles. The number of ether oxygens (including phenoxy) is 1. The van der Waals surface area contributed by atoms with Gasteiger partial charge in [0.2, 0.25) is 5.91 Å². The van der Waals surface area contributed by atoms with E-state index in [0.29, 0.717) is 18.8 Å². The van der Waals surface area contributed by atoms with Gasteiger partial charge in [-0.05, 0) is 30.0 Å². The Hall–Kier alpha value is -2.67. The Morgan fingerprint density at radius 3 is 2.63 bits per heavy atom. The first kappa shape index (κ1) is 19.1. The Bertz CT molecular complexity index is 911. The normalized spacial score (nSPS) is 18.4. The number of carbonyl (C=O) groups is 1. The Balaban J connectivity index is 1.53. The fourth-order valence-corrected chi connectivity index (χ4v) is 4.83. The number of carbonyl (C=O) groups excluding carboxylic acids is 1. The maximum Gasteiger partial charge on any atom is 0.240 e. The topological polar surface area (TPSA) is 84.8 Å². The average molecular weight is 386 g/mol. The maximum atomic E-state index is 11.9. The van der Waals surface area contributed by atoms with Crippen molar-refractivity contribution < 1.29 is 17.9 Å². The number of amides is 1. The van der Waals surface area contributed by atoms with Gasteiger partial charge in [-0.2, -0.15) is 5.10 Å². The number of rotatable bonds is 7. The van der Waals surface area contributed by atoms with Crippen molar-refractivity contribution in [3.05, 3.63) is 65.7 Å². The summed E-state index contributed by atoms with van der Waals surface area (Å²) in [7, 11) is -2.97. The van der Waals surface area contributed by atoms with Crippen molar-refractivity contribution in [1.82, 2.24) is 5.43 Å². The second kappa shape index (κ2) is 8.81. The molecule has 0 bridgehead atoms. The van der Waals surface area contributed by atoms with E-state index in [4.69, 9.17) is 4.74 Å². The molecule has 1 aliphatic heterocycles. The molecule has 0 radical (unpaired) electrons. The lowest BCUT2D eigenvalue weighted by molar-refractivity contribution is -0.121. The van der Waals surface area contributed by atoms with Gasteiger partial charge in [-0.3, -0.25) is 4.79 Å². The highest BCUT2D eigenvalue weighted by Crippen LogP contribution is 2.21. The largest absolute Gasteiger partial charge is 0.488 e. The van der Waals surface area contributed by atoms with Crippen LogP contribution >= 0.6 is 0 Å².